The highest BCUT2D eigenvalue weighted by atomic mass is 32.2. The highest BCUT2D eigenvalue weighted by Gasteiger charge is 2.22. The average molecular weight is 425 g/mol. The van der Waals surface area contributed by atoms with Crippen molar-refractivity contribution in [2.45, 2.75) is 10.8 Å². The number of benzene rings is 3. The molecule has 0 saturated carbocycles. The lowest BCUT2D eigenvalue weighted by Gasteiger charge is -2.18. The fourth-order valence-electron chi connectivity index (χ4n) is 3.10. The molecule has 0 heterocycles. The maximum Gasteiger partial charge on any atom is 0.240 e. The first-order chi connectivity index (χ1) is 14.5. The van der Waals surface area contributed by atoms with Crippen molar-refractivity contribution < 1.29 is 17.9 Å². The van der Waals surface area contributed by atoms with Crippen molar-refractivity contribution in [2.75, 3.05) is 20.2 Å². The predicted octanol–water partition coefficient (Wildman–Crippen LogP) is 2.92. The molecule has 2 N–H and O–H groups in total. The highest BCUT2D eigenvalue weighted by Crippen LogP contribution is 2.24. The molecule has 0 aliphatic heterocycles. The number of amides is 1. The molecule has 7 heteroatoms. The lowest BCUT2D eigenvalue weighted by molar-refractivity contribution is -0.121. The summed E-state index contributed by atoms with van der Waals surface area (Å²) in [6.45, 7) is 0.251. The Kier molecular flexibility index (Phi) is 7.21. The molecule has 0 saturated heterocycles. The average Bonchev–Trinajstić information content (AvgIpc) is 2.78. The van der Waals surface area contributed by atoms with Crippen molar-refractivity contribution in [2.24, 2.45) is 0 Å². The fourth-order valence-corrected chi connectivity index (χ4v) is 4.13. The number of hydrogen-bond acceptors (Lipinski definition) is 4. The van der Waals surface area contributed by atoms with E-state index in [1.165, 1.54) is 19.2 Å². The maximum absolute atomic E-state index is 12.9. The van der Waals surface area contributed by atoms with Crippen LogP contribution in [0.5, 0.6) is 5.75 Å². The molecule has 0 bridgehead atoms. The van der Waals surface area contributed by atoms with Crippen LogP contribution in [0.1, 0.15) is 17.0 Å². The van der Waals surface area contributed by atoms with Crippen LogP contribution in [0.4, 0.5) is 0 Å². The van der Waals surface area contributed by atoms with Crippen molar-refractivity contribution >= 4 is 15.9 Å². The van der Waals surface area contributed by atoms with Gasteiger partial charge in [-0.15, -0.1) is 0 Å². The Hall–Kier alpha value is -3.16. The summed E-state index contributed by atoms with van der Waals surface area (Å²) in [5.41, 5.74) is 1.75. The van der Waals surface area contributed by atoms with Gasteiger partial charge in [0, 0.05) is 13.1 Å². The normalized spacial score (nSPS) is 11.3. The predicted molar refractivity (Wildman–Crippen MR) is 116 cm³/mol. The molecule has 6 nitrogen and oxygen atoms in total. The molecule has 0 aliphatic carbocycles. The van der Waals surface area contributed by atoms with E-state index in [9.17, 15) is 13.2 Å². The molecule has 3 aromatic carbocycles. The molecule has 156 valence electrons. The van der Waals surface area contributed by atoms with Crippen molar-refractivity contribution in [1.82, 2.24) is 10.0 Å². The fraction of sp³-hybridized carbons (Fsp3) is 0.174. The van der Waals surface area contributed by atoms with Gasteiger partial charge in [0.25, 0.3) is 0 Å². The summed E-state index contributed by atoms with van der Waals surface area (Å²) in [6, 6.07) is 25.1. The molecule has 0 aromatic heterocycles. The number of ether oxygens (including phenoxy) is 1. The minimum Gasteiger partial charge on any atom is -0.497 e. The van der Waals surface area contributed by atoms with Crippen molar-refractivity contribution in [3.05, 3.63) is 96.1 Å². The molecular formula is C23H24N2O4S. The Morgan fingerprint density at radius 3 is 1.87 bits per heavy atom. The summed E-state index contributed by atoms with van der Waals surface area (Å²) < 4.78 is 32.3. The zero-order chi connectivity index (χ0) is 21.4. The Morgan fingerprint density at radius 1 is 0.833 bits per heavy atom. The van der Waals surface area contributed by atoms with Gasteiger partial charge in [-0.2, -0.15) is 0 Å². The van der Waals surface area contributed by atoms with E-state index in [1.54, 1.807) is 12.1 Å². The van der Waals surface area contributed by atoms with E-state index < -0.39 is 15.9 Å². The smallest absolute Gasteiger partial charge is 0.240 e. The lowest BCUT2D eigenvalue weighted by Crippen LogP contribution is -2.37. The summed E-state index contributed by atoms with van der Waals surface area (Å²) in [5, 5.41) is 2.84. The van der Waals surface area contributed by atoms with Crippen LogP contribution in [0, 0.1) is 0 Å². The first-order valence-electron chi connectivity index (χ1n) is 9.52. The van der Waals surface area contributed by atoms with E-state index in [-0.39, 0.29) is 23.9 Å². The van der Waals surface area contributed by atoms with Crippen molar-refractivity contribution in [3.8, 4) is 5.75 Å². The number of carbonyl (C=O) groups excluding carboxylic acids is 1. The molecule has 0 atom stereocenters. The number of hydrogen-bond donors (Lipinski definition) is 2. The van der Waals surface area contributed by atoms with Gasteiger partial charge >= 0.3 is 0 Å². The van der Waals surface area contributed by atoms with E-state index in [0.29, 0.717) is 5.75 Å². The third kappa shape index (κ3) is 5.46. The van der Waals surface area contributed by atoms with E-state index in [2.05, 4.69) is 10.0 Å². The van der Waals surface area contributed by atoms with Crippen LogP contribution >= 0.6 is 0 Å². The quantitative estimate of drug-likeness (QED) is 0.518. The van der Waals surface area contributed by atoms with Gasteiger partial charge in [0.1, 0.15) is 5.75 Å². The molecule has 3 rings (SSSR count). The van der Waals surface area contributed by atoms with E-state index in [1.807, 2.05) is 60.7 Å². The van der Waals surface area contributed by atoms with Crippen LogP contribution in [-0.4, -0.2) is 34.5 Å². The molecule has 0 spiro atoms. The standard InChI is InChI=1S/C23H24N2O4S/c1-29-20-12-14-21(15-13-20)30(27,28)25-17-16-24-23(26)22(18-8-4-2-5-9-18)19-10-6-3-7-11-19/h2-15,22,25H,16-17H2,1H3,(H,24,26). The summed E-state index contributed by atoms with van der Waals surface area (Å²) in [4.78, 5) is 13.0. The number of carbonyl (C=O) groups is 1. The second kappa shape index (κ2) is 10.0. The second-order valence-electron chi connectivity index (χ2n) is 6.62. The van der Waals surface area contributed by atoms with Gasteiger partial charge in [-0.3, -0.25) is 4.79 Å². The summed E-state index contributed by atoms with van der Waals surface area (Å²) in [7, 11) is -2.15. The molecule has 0 fully saturated rings. The van der Waals surface area contributed by atoms with Crippen LogP contribution in [0.2, 0.25) is 0 Å². The van der Waals surface area contributed by atoms with E-state index in [0.717, 1.165) is 11.1 Å². The zero-order valence-electron chi connectivity index (χ0n) is 16.6. The molecule has 1 amide bonds. The van der Waals surface area contributed by atoms with Gasteiger partial charge < -0.3 is 10.1 Å². The summed E-state index contributed by atoms with van der Waals surface area (Å²) in [6.07, 6.45) is 0. The van der Waals surface area contributed by atoms with Gasteiger partial charge in [-0.05, 0) is 35.4 Å². The van der Waals surface area contributed by atoms with Crippen LogP contribution in [0.25, 0.3) is 0 Å². The summed E-state index contributed by atoms with van der Waals surface area (Å²) >= 11 is 0. The number of sulfonamides is 1. The first kappa shape index (κ1) is 21.5. The molecule has 0 aliphatic rings. The topological polar surface area (TPSA) is 84.5 Å². The van der Waals surface area contributed by atoms with Gasteiger partial charge in [0.2, 0.25) is 15.9 Å². The minimum absolute atomic E-state index is 0.0798. The highest BCUT2D eigenvalue weighted by molar-refractivity contribution is 7.89. The molecule has 30 heavy (non-hydrogen) atoms. The lowest BCUT2D eigenvalue weighted by atomic mass is 9.90. The van der Waals surface area contributed by atoms with Crippen molar-refractivity contribution in [3.63, 3.8) is 0 Å². The third-order valence-corrected chi connectivity index (χ3v) is 6.09. The number of rotatable bonds is 9. The molecular weight excluding hydrogens is 400 g/mol. The summed E-state index contributed by atoms with van der Waals surface area (Å²) in [5.74, 6) is -0.0734. The molecule has 3 aromatic rings. The van der Waals surface area contributed by atoms with Crippen LogP contribution in [0.3, 0.4) is 0 Å². The van der Waals surface area contributed by atoms with Gasteiger partial charge in [0.15, 0.2) is 0 Å². The molecule has 0 unspecified atom stereocenters. The Bertz CT molecular complexity index is 1010. The van der Waals surface area contributed by atoms with Crippen molar-refractivity contribution in [1.29, 1.82) is 0 Å². The first-order valence-corrected chi connectivity index (χ1v) is 11.0. The van der Waals surface area contributed by atoms with Crippen LogP contribution in [0.15, 0.2) is 89.8 Å². The van der Waals surface area contributed by atoms with E-state index in [4.69, 9.17) is 4.74 Å². The maximum atomic E-state index is 12.9. The minimum atomic E-state index is -3.66. The number of nitrogens with one attached hydrogen (secondary N) is 2. The Morgan fingerprint density at radius 2 is 1.37 bits per heavy atom. The monoisotopic (exact) mass is 424 g/mol. The zero-order valence-corrected chi connectivity index (χ0v) is 17.4. The SMILES string of the molecule is COc1ccc(S(=O)(=O)NCCNC(=O)C(c2ccccc2)c2ccccc2)cc1. The van der Waals surface area contributed by atoms with Crippen LogP contribution in [-0.2, 0) is 14.8 Å². The van der Waals surface area contributed by atoms with Gasteiger partial charge in [-0.1, -0.05) is 60.7 Å². The van der Waals surface area contributed by atoms with E-state index >= 15 is 0 Å². The third-order valence-electron chi connectivity index (χ3n) is 4.61. The second-order valence-corrected chi connectivity index (χ2v) is 8.39. The Labute approximate surface area is 177 Å². The van der Waals surface area contributed by atoms with Gasteiger partial charge in [-0.25, -0.2) is 13.1 Å². The Balaban J connectivity index is 1.62. The molecule has 0 radical (unpaired) electrons. The van der Waals surface area contributed by atoms with Gasteiger partial charge in [0.05, 0.1) is 17.9 Å². The number of methoxy groups -OCH3 is 1. The largest absolute Gasteiger partial charge is 0.497 e. The van der Waals surface area contributed by atoms with Crippen LogP contribution < -0.4 is 14.8 Å².